The van der Waals surface area contributed by atoms with E-state index in [1.165, 1.54) is 0 Å². The molecule has 1 rings (SSSR count). The van der Waals surface area contributed by atoms with Crippen molar-refractivity contribution in [2.45, 2.75) is 19.3 Å². The Hall–Kier alpha value is -0.120. The highest BCUT2D eigenvalue weighted by molar-refractivity contribution is 4.91. The Morgan fingerprint density at radius 2 is 2.00 bits per heavy atom. The first-order valence-corrected chi connectivity index (χ1v) is 4.50. The zero-order chi connectivity index (χ0) is 8.86. The van der Waals surface area contributed by atoms with E-state index < -0.39 is 0 Å². The fourth-order valence-electron chi connectivity index (χ4n) is 1.20. The predicted octanol–water partition coefficient (Wildman–Crippen LogP) is 0.812. The monoisotopic (exact) mass is 174 g/mol. The largest absolute Gasteiger partial charge is 0.396 e. The molecule has 0 unspecified atom stereocenters. The summed E-state index contributed by atoms with van der Waals surface area (Å²) in [5.74, 6) is 0. The van der Waals surface area contributed by atoms with Crippen LogP contribution in [0.1, 0.15) is 19.3 Å². The molecule has 1 saturated carbocycles. The second kappa shape index (κ2) is 4.80. The van der Waals surface area contributed by atoms with Gasteiger partial charge in [-0.25, -0.2) is 0 Å². The normalized spacial score (nSPS) is 19.5. The molecule has 3 heteroatoms. The molecular weight excluding hydrogens is 156 g/mol. The first kappa shape index (κ1) is 9.96. The lowest BCUT2D eigenvalue weighted by atomic mass is 10.1. The molecule has 0 saturated heterocycles. The van der Waals surface area contributed by atoms with E-state index in [0.29, 0.717) is 19.8 Å². The van der Waals surface area contributed by atoms with Crippen molar-refractivity contribution >= 4 is 0 Å². The third-order valence-electron chi connectivity index (χ3n) is 2.50. The van der Waals surface area contributed by atoms with Gasteiger partial charge in [0.25, 0.3) is 0 Å². The minimum Gasteiger partial charge on any atom is -0.396 e. The summed E-state index contributed by atoms with van der Waals surface area (Å²) >= 11 is 0. The maximum absolute atomic E-state index is 8.98. The Morgan fingerprint density at radius 3 is 2.50 bits per heavy atom. The third kappa shape index (κ3) is 3.09. The molecule has 1 fully saturated rings. The van der Waals surface area contributed by atoms with Crippen LogP contribution in [0.5, 0.6) is 0 Å². The molecule has 0 aromatic rings. The number of ether oxygens (including phenoxy) is 2. The van der Waals surface area contributed by atoms with Gasteiger partial charge in [0.05, 0.1) is 13.2 Å². The summed E-state index contributed by atoms with van der Waals surface area (Å²) in [5.41, 5.74) is 0.229. The van der Waals surface area contributed by atoms with Gasteiger partial charge in [-0.3, -0.25) is 0 Å². The molecule has 12 heavy (non-hydrogen) atoms. The Labute approximate surface area is 73.7 Å². The molecule has 1 N–H and O–H groups in total. The second-order valence-corrected chi connectivity index (χ2v) is 3.51. The first-order valence-electron chi connectivity index (χ1n) is 4.50. The van der Waals surface area contributed by atoms with E-state index in [0.717, 1.165) is 25.9 Å². The van der Waals surface area contributed by atoms with E-state index in [9.17, 15) is 0 Å². The van der Waals surface area contributed by atoms with Crippen molar-refractivity contribution in [1.82, 2.24) is 0 Å². The number of rotatable bonds is 7. The average molecular weight is 174 g/mol. The third-order valence-corrected chi connectivity index (χ3v) is 2.50. The molecule has 1 aliphatic rings. The highest BCUT2D eigenvalue weighted by Gasteiger charge is 2.41. The summed E-state index contributed by atoms with van der Waals surface area (Å²) in [7, 11) is 1.67. The van der Waals surface area contributed by atoms with E-state index in [4.69, 9.17) is 14.6 Å². The Bertz CT molecular complexity index is 121. The van der Waals surface area contributed by atoms with E-state index in [2.05, 4.69) is 0 Å². The van der Waals surface area contributed by atoms with Gasteiger partial charge in [0.15, 0.2) is 0 Å². The summed E-state index contributed by atoms with van der Waals surface area (Å²) in [4.78, 5) is 0. The zero-order valence-corrected chi connectivity index (χ0v) is 7.71. The molecule has 0 bridgehead atoms. The van der Waals surface area contributed by atoms with Gasteiger partial charge in [-0.2, -0.15) is 0 Å². The smallest absolute Gasteiger partial charge is 0.0700 e. The van der Waals surface area contributed by atoms with Crippen LogP contribution in [-0.2, 0) is 9.47 Å². The van der Waals surface area contributed by atoms with Crippen LogP contribution < -0.4 is 0 Å². The Kier molecular flexibility index (Phi) is 3.98. The highest BCUT2D eigenvalue weighted by atomic mass is 16.5. The van der Waals surface area contributed by atoms with Crippen molar-refractivity contribution in [3.63, 3.8) is 0 Å². The molecule has 0 atom stereocenters. The molecule has 0 amide bonds. The van der Waals surface area contributed by atoms with Crippen LogP contribution in [0.2, 0.25) is 0 Å². The molecule has 1 aliphatic carbocycles. The molecule has 3 nitrogen and oxygen atoms in total. The van der Waals surface area contributed by atoms with Crippen LogP contribution in [0.15, 0.2) is 0 Å². The lowest BCUT2D eigenvalue weighted by Crippen LogP contribution is -2.11. The molecule has 0 heterocycles. The lowest BCUT2D eigenvalue weighted by Gasteiger charge is -2.10. The van der Waals surface area contributed by atoms with Gasteiger partial charge < -0.3 is 14.6 Å². The van der Waals surface area contributed by atoms with Crippen LogP contribution in [0.4, 0.5) is 0 Å². The highest BCUT2D eigenvalue weighted by Crippen LogP contribution is 2.47. The van der Waals surface area contributed by atoms with E-state index in [1.54, 1.807) is 7.11 Å². The van der Waals surface area contributed by atoms with Crippen LogP contribution >= 0.6 is 0 Å². The van der Waals surface area contributed by atoms with Crippen LogP contribution in [0.3, 0.4) is 0 Å². The molecule has 0 spiro atoms. The van der Waals surface area contributed by atoms with E-state index in [1.807, 2.05) is 0 Å². The minimum atomic E-state index is 0.229. The molecule has 0 aromatic heterocycles. The van der Waals surface area contributed by atoms with Crippen LogP contribution in [-0.4, -0.2) is 38.6 Å². The van der Waals surface area contributed by atoms with Crippen molar-refractivity contribution in [1.29, 1.82) is 0 Å². The van der Waals surface area contributed by atoms with Gasteiger partial charge in [0, 0.05) is 20.3 Å². The van der Waals surface area contributed by atoms with Gasteiger partial charge in [-0.05, 0) is 24.7 Å². The van der Waals surface area contributed by atoms with Crippen molar-refractivity contribution in [2.75, 3.05) is 33.5 Å². The summed E-state index contributed by atoms with van der Waals surface area (Å²) in [5, 5.41) is 8.98. The fourth-order valence-corrected chi connectivity index (χ4v) is 1.20. The average Bonchev–Trinajstić information content (AvgIpc) is 2.85. The van der Waals surface area contributed by atoms with Crippen molar-refractivity contribution in [3.8, 4) is 0 Å². The van der Waals surface area contributed by atoms with Gasteiger partial charge >= 0.3 is 0 Å². The van der Waals surface area contributed by atoms with Crippen molar-refractivity contribution in [2.24, 2.45) is 5.41 Å². The fraction of sp³-hybridized carbons (Fsp3) is 1.00. The maximum atomic E-state index is 8.98. The van der Waals surface area contributed by atoms with E-state index in [-0.39, 0.29) is 5.41 Å². The number of hydrogen-bond acceptors (Lipinski definition) is 3. The van der Waals surface area contributed by atoms with Gasteiger partial charge in [-0.15, -0.1) is 0 Å². The molecule has 72 valence electrons. The number of methoxy groups -OCH3 is 1. The quantitative estimate of drug-likeness (QED) is 0.580. The van der Waals surface area contributed by atoms with Crippen LogP contribution in [0, 0.1) is 5.41 Å². The summed E-state index contributed by atoms with van der Waals surface area (Å²) in [6, 6.07) is 0. The van der Waals surface area contributed by atoms with Gasteiger partial charge in [0.1, 0.15) is 0 Å². The lowest BCUT2D eigenvalue weighted by molar-refractivity contribution is 0.0557. The SMILES string of the molecule is COCCOCCC1(CO)CC1. The first-order chi connectivity index (χ1) is 5.83. The summed E-state index contributed by atoms with van der Waals surface area (Å²) < 4.78 is 10.2. The molecular formula is C9H18O3. The zero-order valence-electron chi connectivity index (χ0n) is 7.71. The Morgan fingerprint density at radius 1 is 1.25 bits per heavy atom. The molecule has 0 radical (unpaired) electrons. The predicted molar refractivity (Wildman–Crippen MR) is 46.1 cm³/mol. The Balaban J connectivity index is 1.89. The maximum Gasteiger partial charge on any atom is 0.0700 e. The topological polar surface area (TPSA) is 38.7 Å². The standard InChI is InChI=1S/C9H18O3/c1-11-6-7-12-5-4-9(8-10)2-3-9/h10H,2-8H2,1H3. The van der Waals surface area contributed by atoms with Gasteiger partial charge in [0.2, 0.25) is 0 Å². The van der Waals surface area contributed by atoms with Crippen molar-refractivity contribution < 1.29 is 14.6 Å². The summed E-state index contributed by atoms with van der Waals surface area (Å²) in [6.07, 6.45) is 3.32. The number of aliphatic hydroxyl groups is 1. The summed E-state index contributed by atoms with van der Waals surface area (Å²) in [6.45, 7) is 2.40. The van der Waals surface area contributed by atoms with Crippen molar-refractivity contribution in [3.05, 3.63) is 0 Å². The number of hydrogen-bond donors (Lipinski definition) is 1. The minimum absolute atomic E-state index is 0.229. The van der Waals surface area contributed by atoms with Gasteiger partial charge in [-0.1, -0.05) is 0 Å². The van der Waals surface area contributed by atoms with Crippen LogP contribution in [0.25, 0.3) is 0 Å². The molecule has 0 aliphatic heterocycles. The second-order valence-electron chi connectivity index (χ2n) is 3.51. The molecule has 0 aromatic carbocycles. The van der Waals surface area contributed by atoms with E-state index >= 15 is 0 Å². The number of aliphatic hydroxyl groups excluding tert-OH is 1.